The largest absolute Gasteiger partial charge is 0.416 e. The Hall–Kier alpha value is -2.36. The Balaban J connectivity index is 1.36. The highest BCUT2D eigenvalue weighted by atomic mass is 19.4. The summed E-state index contributed by atoms with van der Waals surface area (Å²) in [6.45, 7) is 0.927. The van der Waals surface area contributed by atoms with E-state index in [9.17, 15) is 27.2 Å². The summed E-state index contributed by atoms with van der Waals surface area (Å²) in [6, 6.07) is 1.90. The van der Waals surface area contributed by atoms with E-state index in [0.717, 1.165) is 12.1 Å². The van der Waals surface area contributed by atoms with Gasteiger partial charge >= 0.3 is 12.2 Å². The van der Waals surface area contributed by atoms with Crippen molar-refractivity contribution in [1.82, 2.24) is 15.1 Å². The van der Waals surface area contributed by atoms with E-state index < -0.39 is 41.8 Å². The van der Waals surface area contributed by atoms with Crippen LogP contribution in [-0.4, -0.2) is 66.7 Å². The predicted molar refractivity (Wildman–Crippen MR) is 98.0 cm³/mol. The number of nitrogens with zero attached hydrogens (tertiary/aromatic N) is 2. The first kappa shape index (κ1) is 18.4. The predicted octanol–water partition coefficient (Wildman–Crippen LogP) is 2.42. The molecular formula is C20H23F4N3O3. The van der Waals surface area contributed by atoms with Gasteiger partial charge in [-0.1, -0.05) is 6.07 Å². The number of halogens is 4. The molecule has 3 aliphatic heterocycles. The highest BCUT2D eigenvalue weighted by Gasteiger charge is 2.40. The summed E-state index contributed by atoms with van der Waals surface area (Å²) in [6.07, 6.45) is -7.47. The fourth-order valence-electron chi connectivity index (χ4n) is 4.05. The zero-order valence-electron chi connectivity index (χ0n) is 18.0. The van der Waals surface area contributed by atoms with Crippen LogP contribution in [0, 0.1) is 11.7 Å². The molecule has 1 aromatic rings. The number of rotatable bonds is 3. The van der Waals surface area contributed by atoms with Gasteiger partial charge in [-0.2, -0.15) is 13.2 Å². The van der Waals surface area contributed by atoms with Crippen molar-refractivity contribution in [3.8, 4) is 0 Å². The van der Waals surface area contributed by atoms with Crippen LogP contribution in [0.15, 0.2) is 18.2 Å². The number of morpholine rings is 1. The van der Waals surface area contributed by atoms with Crippen LogP contribution >= 0.6 is 0 Å². The van der Waals surface area contributed by atoms with Crippen LogP contribution in [0.3, 0.4) is 0 Å². The van der Waals surface area contributed by atoms with Gasteiger partial charge in [0.25, 0.3) is 0 Å². The molecule has 0 bridgehead atoms. The molecule has 3 saturated heterocycles. The van der Waals surface area contributed by atoms with Gasteiger partial charge in [0.05, 0.1) is 17.7 Å². The van der Waals surface area contributed by atoms with Crippen LogP contribution in [0.1, 0.15) is 26.7 Å². The summed E-state index contributed by atoms with van der Waals surface area (Å²) < 4.78 is 75.8. The van der Waals surface area contributed by atoms with E-state index in [1.807, 2.05) is 0 Å². The number of alkyl halides is 3. The van der Waals surface area contributed by atoms with E-state index in [1.165, 1.54) is 4.90 Å². The SMILES string of the molecule is [3H]C(c1c(F)cccc1C(F)(F)F)C([3H])C1CN(C(=O)N2CC[C@@H]3OCC(=O)N[C@@H]3C2)C1. The quantitative estimate of drug-likeness (QED) is 0.745. The molecule has 1 N–H and O–H groups in total. The molecule has 2 unspecified atom stereocenters. The number of carbonyl (C=O) groups excluding carboxylic acids is 2. The van der Waals surface area contributed by atoms with E-state index in [1.54, 1.807) is 4.90 Å². The minimum atomic E-state index is -4.83. The lowest BCUT2D eigenvalue weighted by atomic mass is 9.91. The van der Waals surface area contributed by atoms with E-state index >= 15 is 0 Å². The molecule has 3 fully saturated rings. The van der Waals surface area contributed by atoms with Gasteiger partial charge in [0.15, 0.2) is 0 Å². The molecular weight excluding hydrogens is 406 g/mol. The van der Waals surface area contributed by atoms with Crippen LogP contribution in [0.4, 0.5) is 22.4 Å². The first-order chi connectivity index (χ1) is 15.1. The molecule has 0 radical (unpaired) electrons. The number of ether oxygens (including phenoxy) is 1. The number of urea groups is 1. The molecule has 4 atom stereocenters. The van der Waals surface area contributed by atoms with Crippen LogP contribution in [0.2, 0.25) is 0 Å². The van der Waals surface area contributed by atoms with E-state index in [0.29, 0.717) is 19.0 Å². The number of hydrogen-bond acceptors (Lipinski definition) is 3. The maximum atomic E-state index is 14.2. The molecule has 164 valence electrons. The highest BCUT2D eigenvalue weighted by molar-refractivity contribution is 5.79. The second kappa shape index (κ2) is 8.05. The molecule has 0 saturated carbocycles. The number of benzene rings is 1. The third-order valence-electron chi connectivity index (χ3n) is 5.67. The van der Waals surface area contributed by atoms with Gasteiger partial charge in [-0.05, 0) is 37.3 Å². The second-order valence-electron chi connectivity index (χ2n) is 7.76. The summed E-state index contributed by atoms with van der Waals surface area (Å²) in [7, 11) is 0. The van der Waals surface area contributed by atoms with Crippen LogP contribution < -0.4 is 5.32 Å². The molecule has 3 amide bonds. The van der Waals surface area contributed by atoms with Crippen molar-refractivity contribution in [3.63, 3.8) is 0 Å². The summed E-state index contributed by atoms with van der Waals surface area (Å²) in [5, 5.41) is 2.80. The van der Waals surface area contributed by atoms with Gasteiger partial charge in [0.1, 0.15) is 12.4 Å². The average molecular weight is 433 g/mol. The van der Waals surface area contributed by atoms with Crippen molar-refractivity contribution in [1.29, 1.82) is 0 Å². The molecule has 4 rings (SSSR count). The maximum Gasteiger partial charge on any atom is 0.416 e. The van der Waals surface area contributed by atoms with E-state index in [2.05, 4.69) is 5.32 Å². The molecule has 3 heterocycles. The summed E-state index contributed by atoms with van der Waals surface area (Å²) in [4.78, 5) is 27.3. The number of likely N-dealkylation sites (tertiary alicyclic amines) is 2. The normalized spacial score (nSPS) is 27.9. The maximum absolute atomic E-state index is 14.2. The van der Waals surface area contributed by atoms with Crippen molar-refractivity contribution in [3.05, 3.63) is 35.1 Å². The number of fused-ring (bicyclic) bond motifs is 1. The zero-order valence-corrected chi connectivity index (χ0v) is 16.0. The molecule has 1 aromatic carbocycles. The highest BCUT2D eigenvalue weighted by Crippen LogP contribution is 2.34. The Morgan fingerprint density at radius 1 is 1.27 bits per heavy atom. The van der Waals surface area contributed by atoms with Gasteiger partial charge in [-0.15, -0.1) is 0 Å². The average Bonchev–Trinajstić information content (AvgIpc) is 2.70. The molecule has 30 heavy (non-hydrogen) atoms. The molecule has 0 spiro atoms. The molecule has 10 heteroatoms. The van der Waals surface area contributed by atoms with Gasteiger partial charge in [0.2, 0.25) is 5.91 Å². The van der Waals surface area contributed by atoms with Crippen molar-refractivity contribution in [2.75, 3.05) is 32.8 Å². The number of hydrogen-bond donors (Lipinski definition) is 1. The third-order valence-corrected chi connectivity index (χ3v) is 5.67. The summed E-state index contributed by atoms with van der Waals surface area (Å²) in [5.41, 5.74) is -2.08. The Bertz CT molecular complexity index is 897. The Kier molecular flexibility index (Phi) is 4.94. The fourth-order valence-corrected chi connectivity index (χ4v) is 4.05. The van der Waals surface area contributed by atoms with E-state index in [-0.39, 0.29) is 50.3 Å². The smallest absolute Gasteiger partial charge is 0.366 e. The first-order valence-corrected chi connectivity index (χ1v) is 9.71. The van der Waals surface area contributed by atoms with Crippen LogP contribution in [0.25, 0.3) is 0 Å². The van der Waals surface area contributed by atoms with Crippen molar-refractivity contribution < 1.29 is 34.6 Å². The van der Waals surface area contributed by atoms with Gasteiger partial charge < -0.3 is 19.9 Å². The lowest BCUT2D eigenvalue weighted by Crippen LogP contribution is -2.64. The number of piperidine rings is 1. The molecule has 3 aliphatic rings. The summed E-state index contributed by atoms with van der Waals surface area (Å²) in [5.74, 6) is -1.95. The van der Waals surface area contributed by atoms with Gasteiger partial charge in [0, 0.05) is 34.5 Å². The van der Waals surface area contributed by atoms with Crippen LogP contribution in [0.5, 0.6) is 0 Å². The monoisotopic (exact) mass is 433 g/mol. The van der Waals surface area contributed by atoms with Crippen molar-refractivity contribution in [2.24, 2.45) is 5.92 Å². The minimum Gasteiger partial charge on any atom is -0.366 e. The number of carbonyl (C=O) groups is 2. The van der Waals surface area contributed by atoms with Gasteiger partial charge in [-0.3, -0.25) is 4.79 Å². The Morgan fingerprint density at radius 2 is 2.03 bits per heavy atom. The minimum absolute atomic E-state index is 0.000158. The Morgan fingerprint density at radius 3 is 2.77 bits per heavy atom. The lowest BCUT2D eigenvalue weighted by molar-refractivity contribution is -0.140. The first-order valence-electron chi connectivity index (χ1n) is 10.9. The molecule has 0 aromatic heterocycles. The fraction of sp³-hybridized carbons (Fsp3) is 0.600. The number of nitrogens with one attached hydrogen (secondary N) is 1. The van der Waals surface area contributed by atoms with Crippen LogP contribution in [-0.2, 0) is 22.1 Å². The third kappa shape index (κ3) is 4.23. The lowest BCUT2D eigenvalue weighted by Gasteiger charge is -2.46. The molecule has 0 aliphatic carbocycles. The van der Waals surface area contributed by atoms with E-state index in [4.69, 9.17) is 7.48 Å². The molecule has 6 nitrogen and oxygen atoms in total. The Labute approximate surface area is 174 Å². The zero-order chi connectivity index (χ0) is 23.2. The second-order valence-corrected chi connectivity index (χ2v) is 7.76. The van der Waals surface area contributed by atoms with Crippen molar-refractivity contribution in [2.45, 2.75) is 37.5 Å². The standard InChI is InChI=1S/C20H23F4N3O3/c21-15-3-1-2-14(20(22,23)24)13(15)5-4-12-8-27(9-12)19(29)26-7-6-17-16(10-26)25-18(28)11-30-17/h1-3,12,16-17H,4-11H2,(H,25,28)/t16-,17+/m1/s1/i4T,5T/t4?,5?,16-,17+. The van der Waals surface area contributed by atoms with Gasteiger partial charge in [-0.25, -0.2) is 9.18 Å². The summed E-state index contributed by atoms with van der Waals surface area (Å²) >= 11 is 0. The number of amides is 3. The van der Waals surface area contributed by atoms with Crippen molar-refractivity contribution >= 4 is 11.9 Å². The topological polar surface area (TPSA) is 61.9 Å².